The molecule has 0 radical (unpaired) electrons. The predicted molar refractivity (Wildman–Crippen MR) is 129 cm³/mol. The lowest BCUT2D eigenvalue weighted by Crippen LogP contribution is -2.24. The van der Waals surface area contributed by atoms with Crippen LogP contribution in [-0.2, 0) is 11.3 Å². The van der Waals surface area contributed by atoms with Gasteiger partial charge in [-0.3, -0.25) is 4.79 Å². The first-order valence-corrected chi connectivity index (χ1v) is 10.6. The fraction of sp³-hybridized carbons (Fsp3) is 0.148. The molecule has 0 unspecified atom stereocenters. The molecular formula is C27H24N2O5. The first-order chi connectivity index (χ1) is 16.5. The molecule has 0 spiro atoms. The number of carbonyl (C=O) groups excluding carboxylic acids is 1. The summed E-state index contributed by atoms with van der Waals surface area (Å²) in [4.78, 5) is 24.7. The third-order valence-corrected chi connectivity index (χ3v) is 5.47. The second kappa shape index (κ2) is 10.0. The van der Waals surface area contributed by atoms with Crippen molar-refractivity contribution in [1.29, 1.82) is 0 Å². The van der Waals surface area contributed by atoms with E-state index in [1.165, 1.54) is 11.8 Å². The van der Waals surface area contributed by atoms with Crippen molar-refractivity contribution >= 4 is 5.97 Å². The number of rotatable bonds is 7. The van der Waals surface area contributed by atoms with E-state index in [0.717, 1.165) is 33.8 Å². The summed E-state index contributed by atoms with van der Waals surface area (Å²) in [7, 11) is 4.56. The van der Waals surface area contributed by atoms with Crippen molar-refractivity contribution < 1.29 is 19.0 Å². The summed E-state index contributed by atoms with van der Waals surface area (Å²) in [6.45, 7) is 0.256. The summed E-state index contributed by atoms with van der Waals surface area (Å²) in [5.74, 6) is 1.05. The van der Waals surface area contributed by atoms with Gasteiger partial charge >= 0.3 is 5.97 Å². The molecule has 4 rings (SSSR count). The number of aromatic nitrogens is 2. The Hall–Kier alpha value is -4.39. The number of methoxy groups -OCH3 is 3. The topological polar surface area (TPSA) is 79.7 Å². The summed E-state index contributed by atoms with van der Waals surface area (Å²) in [5, 5.41) is 4.73. The quantitative estimate of drug-likeness (QED) is 0.383. The minimum absolute atomic E-state index is 0.236. The zero-order valence-electron chi connectivity index (χ0n) is 19.1. The number of hydrogen-bond donors (Lipinski definition) is 0. The van der Waals surface area contributed by atoms with Crippen LogP contribution in [-0.4, -0.2) is 37.1 Å². The molecule has 0 N–H and O–H groups in total. The highest BCUT2D eigenvalue weighted by Gasteiger charge is 2.14. The van der Waals surface area contributed by atoms with Gasteiger partial charge in [-0.15, -0.1) is 0 Å². The van der Waals surface area contributed by atoms with E-state index < -0.39 is 5.97 Å². The lowest BCUT2D eigenvalue weighted by Gasteiger charge is -2.14. The van der Waals surface area contributed by atoms with Gasteiger partial charge in [-0.2, -0.15) is 5.10 Å². The fourth-order valence-electron chi connectivity index (χ4n) is 3.59. The molecule has 0 atom stereocenters. The first-order valence-electron chi connectivity index (χ1n) is 10.6. The van der Waals surface area contributed by atoms with Crippen LogP contribution >= 0.6 is 0 Å². The second-order valence-electron chi connectivity index (χ2n) is 7.55. The van der Waals surface area contributed by atoms with Crippen LogP contribution < -0.4 is 15.0 Å². The molecule has 1 aromatic heterocycles. The Balaban J connectivity index is 1.77. The molecule has 3 aromatic carbocycles. The number of ether oxygens (including phenoxy) is 3. The second-order valence-corrected chi connectivity index (χ2v) is 7.55. The monoisotopic (exact) mass is 456 g/mol. The number of carbonyl (C=O) groups is 1. The van der Waals surface area contributed by atoms with Crippen LogP contribution in [0.25, 0.3) is 22.4 Å². The van der Waals surface area contributed by atoms with Gasteiger partial charge in [-0.1, -0.05) is 24.3 Å². The van der Waals surface area contributed by atoms with Crippen molar-refractivity contribution in [2.45, 2.75) is 6.54 Å². The molecule has 0 saturated carbocycles. The smallest absolute Gasteiger partial charge is 0.337 e. The van der Waals surface area contributed by atoms with Crippen molar-refractivity contribution in [2.75, 3.05) is 21.3 Å². The van der Waals surface area contributed by atoms with E-state index in [4.69, 9.17) is 19.3 Å². The van der Waals surface area contributed by atoms with E-state index in [2.05, 4.69) is 0 Å². The summed E-state index contributed by atoms with van der Waals surface area (Å²) >= 11 is 0. The Bertz CT molecular complexity index is 1340. The highest BCUT2D eigenvalue weighted by Crippen LogP contribution is 2.31. The minimum Gasteiger partial charge on any atom is -0.497 e. The molecule has 7 heteroatoms. The highest BCUT2D eigenvalue weighted by molar-refractivity contribution is 5.89. The van der Waals surface area contributed by atoms with Crippen molar-refractivity contribution in [3.05, 3.63) is 100 Å². The van der Waals surface area contributed by atoms with Gasteiger partial charge in [-0.05, 0) is 59.7 Å². The van der Waals surface area contributed by atoms with Gasteiger partial charge in [-0.25, -0.2) is 9.48 Å². The molecule has 7 nitrogen and oxygen atoms in total. The molecular weight excluding hydrogens is 432 g/mol. The Morgan fingerprint density at radius 2 is 1.35 bits per heavy atom. The third-order valence-electron chi connectivity index (χ3n) is 5.47. The van der Waals surface area contributed by atoms with Crippen LogP contribution in [0.1, 0.15) is 15.9 Å². The molecule has 0 aliphatic rings. The SMILES string of the molecule is COC(=O)c1ccc(Cn2nc(-c3ccc(OC)cc3)c(-c3ccc(OC)cc3)cc2=O)cc1. The Morgan fingerprint density at radius 1 is 0.794 bits per heavy atom. The van der Waals surface area contributed by atoms with Gasteiger partial charge in [0.05, 0.1) is 39.1 Å². The van der Waals surface area contributed by atoms with Crippen LogP contribution in [0.3, 0.4) is 0 Å². The summed E-state index contributed by atoms with van der Waals surface area (Å²) in [5.41, 5.74) is 4.13. The summed E-state index contributed by atoms with van der Waals surface area (Å²) in [6.07, 6.45) is 0. The molecule has 0 fully saturated rings. The average molecular weight is 456 g/mol. The Labute approximate surface area is 197 Å². The van der Waals surface area contributed by atoms with Crippen molar-refractivity contribution in [3.8, 4) is 33.9 Å². The van der Waals surface area contributed by atoms with Gasteiger partial charge in [0.25, 0.3) is 5.56 Å². The molecule has 172 valence electrons. The van der Waals surface area contributed by atoms with Crippen molar-refractivity contribution in [1.82, 2.24) is 9.78 Å². The van der Waals surface area contributed by atoms with E-state index in [1.807, 2.05) is 48.5 Å². The predicted octanol–water partition coefficient (Wildman–Crippen LogP) is 4.43. The molecule has 34 heavy (non-hydrogen) atoms. The van der Waals surface area contributed by atoms with Crippen LogP contribution in [0.4, 0.5) is 0 Å². The maximum Gasteiger partial charge on any atom is 0.337 e. The van der Waals surface area contributed by atoms with Crippen molar-refractivity contribution in [3.63, 3.8) is 0 Å². The van der Waals surface area contributed by atoms with E-state index in [-0.39, 0.29) is 12.1 Å². The number of hydrogen-bond acceptors (Lipinski definition) is 6. The Kier molecular flexibility index (Phi) is 6.73. The molecule has 0 bridgehead atoms. The first kappa shape index (κ1) is 22.8. The van der Waals surface area contributed by atoms with E-state index in [0.29, 0.717) is 11.3 Å². The number of benzene rings is 3. The lowest BCUT2D eigenvalue weighted by atomic mass is 10.00. The number of esters is 1. The normalized spacial score (nSPS) is 10.6. The zero-order chi connectivity index (χ0) is 24.1. The molecule has 1 heterocycles. The Morgan fingerprint density at radius 3 is 1.88 bits per heavy atom. The van der Waals surface area contributed by atoms with Crippen LogP contribution in [0, 0.1) is 0 Å². The van der Waals surface area contributed by atoms with Gasteiger partial charge in [0.15, 0.2) is 0 Å². The third kappa shape index (κ3) is 4.83. The van der Waals surface area contributed by atoms with E-state index >= 15 is 0 Å². The fourth-order valence-corrected chi connectivity index (χ4v) is 3.59. The maximum absolute atomic E-state index is 13.0. The van der Waals surface area contributed by atoms with Crippen LogP contribution in [0.2, 0.25) is 0 Å². The van der Waals surface area contributed by atoms with Crippen molar-refractivity contribution in [2.24, 2.45) is 0 Å². The minimum atomic E-state index is -0.410. The van der Waals surface area contributed by atoms with Gasteiger partial charge in [0, 0.05) is 17.2 Å². The molecule has 0 aliphatic carbocycles. The average Bonchev–Trinajstić information content (AvgIpc) is 2.89. The maximum atomic E-state index is 13.0. The molecule has 0 aliphatic heterocycles. The molecule has 4 aromatic rings. The highest BCUT2D eigenvalue weighted by atomic mass is 16.5. The van der Waals surface area contributed by atoms with E-state index in [9.17, 15) is 9.59 Å². The summed E-state index contributed by atoms with van der Waals surface area (Å²) in [6, 6.07) is 23.5. The van der Waals surface area contributed by atoms with Gasteiger partial charge in [0.1, 0.15) is 11.5 Å². The van der Waals surface area contributed by atoms with E-state index in [1.54, 1.807) is 44.6 Å². The summed E-state index contributed by atoms with van der Waals surface area (Å²) < 4.78 is 16.7. The largest absolute Gasteiger partial charge is 0.497 e. The lowest BCUT2D eigenvalue weighted by molar-refractivity contribution is 0.0600. The van der Waals surface area contributed by atoms with Gasteiger partial charge < -0.3 is 14.2 Å². The van der Waals surface area contributed by atoms with Crippen LogP contribution in [0.15, 0.2) is 83.7 Å². The standard InChI is InChI=1S/C27H24N2O5/c1-32-22-12-8-19(9-13-22)24-16-25(30)29(17-18-4-6-21(7-5-18)27(31)34-3)28-26(24)20-10-14-23(33-2)15-11-20/h4-16H,17H2,1-3H3. The molecule has 0 saturated heterocycles. The number of nitrogens with zero attached hydrogens (tertiary/aromatic N) is 2. The van der Waals surface area contributed by atoms with Gasteiger partial charge in [0.2, 0.25) is 0 Å². The van der Waals surface area contributed by atoms with Crippen LogP contribution in [0.5, 0.6) is 11.5 Å². The molecule has 0 amide bonds. The zero-order valence-corrected chi connectivity index (χ0v) is 19.1.